The van der Waals surface area contributed by atoms with Gasteiger partial charge < -0.3 is 10.1 Å². The maximum absolute atomic E-state index is 5.22. The molecular formula is C19H31NO. The van der Waals surface area contributed by atoms with Gasteiger partial charge >= 0.3 is 0 Å². The largest absolute Gasteiger partial charge is 0.380 e. The lowest BCUT2D eigenvalue weighted by atomic mass is 9.69. The molecule has 1 aromatic carbocycles. The lowest BCUT2D eigenvalue weighted by Crippen LogP contribution is -2.43. The van der Waals surface area contributed by atoms with Crippen LogP contribution in [0, 0.1) is 11.3 Å². The smallest absolute Gasteiger partial charge is 0.0713 e. The predicted molar refractivity (Wildman–Crippen MR) is 89.2 cm³/mol. The molecule has 0 amide bonds. The second kappa shape index (κ2) is 7.42. The fraction of sp³-hybridized carbons (Fsp3) is 0.684. The zero-order valence-electron chi connectivity index (χ0n) is 14.1. The summed E-state index contributed by atoms with van der Waals surface area (Å²) in [6.07, 6.45) is 5.45. The van der Waals surface area contributed by atoms with Gasteiger partial charge in [-0.05, 0) is 35.3 Å². The van der Waals surface area contributed by atoms with Crippen LogP contribution in [0.25, 0.3) is 0 Å². The van der Waals surface area contributed by atoms with E-state index in [1.54, 1.807) is 7.11 Å². The topological polar surface area (TPSA) is 21.3 Å². The molecule has 2 atom stereocenters. The Bertz CT molecular complexity index is 435. The molecule has 0 heterocycles. The summed E-state index contributed by atoms with van der Waals surface area (Å²) in [6.45, 7) is 8.82. The van der Waals surface area contributed by atoms with Gasteiger partial charge in [0.25, 0.3) is 0 Å². The van der Waals surface area contributed by atoms with Gasteiger partial charge in [-0.25, -0.2) is 0 Å². The fourth-order valence-electron chi connectivity index (χ4n) is 3.66. The number of ether oxygens (including phenoxy) is 1. The number of hydrogen-bond acceptors (Lipinski definition) is 2. The lowest BCUT2D eigenvalue weighted by Gasteiger charge is -2.41. The molecular weight excluding hydrogens is 258 g/mol. The van der Waals surface area contributed by atoms with Gasteiger partial charge in [0.15, 0.2) is 0 Å². The highest BCUT2D eigenvalue weighted by atomic mass is 16.5. The van der Waals surface area contributed by atoms with Crippen LogP contribution >= 0.6 is 0 Å². The van der Waals surface area contributed by atoms with Crippen LogP contribution in [0.3, 0.4) is 0 Å². The van der Waals surface area contributed by atoms with Crippen molar-refractivity contribution in [3.8, 4) is 0 Å². The Morgan fingerprint density at radius 2 is 1.86 bits per heavy atom. The Morgan fingerprint density at radius 1 is 1.14 bits per heavy atom. The van der Waals surface area contributed by atoms with Crippen molar-refractivity contribution < 1.29 is 4.74 Å². The van der Waals surface area contributed by atoms with Crippen LogP contribution in [0.5, 0.6) is 0 Å². The molecule has 0 saturated heterocycles. The summed E-state index contributed by atoms with van der Waals surface area (Å²) < 4.78 is 5.22. The molecule has 0 aliphatic heterocycles. The molecule has 1 aliphatic carbocycles. The van der Waals surface area contributed by atoms with E-state index in [1.165, 1.54) is 36.8 Å². The van der Waals surface area contributed by atoms with E-state index in [0.717, 1.165) is 12.5 Å². The molecule has 2 unspecified atom stereocenters. The summed E-state index contributed by atoms with van der Waals surface area (Å²) in [5, 5.41) is 3.82. The Balaban J connectivity index is 1.96. The second-order valence-electron chi connectivity index (χ2n) is 7.50. The van der Waals surface area contributed by atoms with Crippen LogP contribution < -0.4 is 5.32 Å². The van der Waals surface area contributed by atoms with Crippen molar-refractivity contribution in [3.05, 3.63) is 35.4 Å². The molecule has 0 spiro atoms. The fourth-order valence-corrected chi connectivity index (χ4v) is 3.66. The SMILES string of the molecule is COCc1cccc(CNC2CCCCC2C(C)(C)C)c1. The molecule has 0 aromatic heterocycles. The van der Waals surface area contributed by atoms with E-state index < -0.39 is 0 Å². The Kier molecular flexibility index (Phi) is 5.83. The van der Waals surface area contributed by atoms with Crippen LogP contribution in [0.1, 0.15) is 57.6 Å². The average molecular weight is 289 g/mol. The maximum Gasteiger partial charge on any atom is 0.0713 e. The predicted octanol–water partition coefficient (Wildman–Crippen LogP) is 4.53. The van der Waals surface area contributed by atoms with E-state index in [-0.39, 0.29) is 0 Å². The summed E-state index contributed by atoms with van der Waals surface area (Å²) in [7, 11) is 1.75. The lowest BCUT2D eigenvalue weighted by molar-refractivity contribution is 0.130. The van der Waals surface area contributed by atoms with Gasteiger partial charge in [-0.15, -0.1) is 0 Å². The molecule has 1 fully saturated rings. The Morgan fingerprint density at radius 3 is 2.57 bits per heavy atom. The van der Waals surface area contributed by atoms with Crippen molar-refractivity contribution in [3.63, 3.8) is 0 Å². The summed E-state index contributed by atoms with van der Waals surface area (Å²) in [6, 6.07) is 9.38. The highest BCUT2D eigenvalue weighted by molar-refractivity contribution is 5.23. The molecule has 21 heavy (non-hydrogen) atoms. The van der Waals surface area contributed by atoms with Gasteiger partial charge in [-0.3, -0.25) is 0 Å². The van der Waals surface area contributed by atoms with Crippen LogP contribution in [-0.4, -0.2) is 13.2 Å². The van der Waals surface area contributed by atoms with E-state index in [4.69, 9.17) is 4.74 Å². The third-order valence-corrected chi connectivity index (χ3v) is 4.75. The van der Waals surface area contributed by atoms with Gasteiger partial charge in [0.05, 0.1) is 6.61 Å². The van der Waals surface area contributed by atoms with Gasteiger partial charge in [-0.2, -0.15) is 0 Å². The zero-order valence-corrected chi connectivity index (χ0v) is 14.1. The van der Waals surface area contributed by atoms with Gasteiger partial charge in [-0.1, -0.05) is 57.9 Å². The van der Waals surface area contributed by atoms with E-state index in [2.05, 4.69) is 50.4 Å². The minimum atomic E-state index is 0.399. The summed E-state index contributed by atoms with van der Waals surface area (Å²) in [5.41, 5.74) is 3.02. The third-order valence-electron chi connectivity index (χ3n) is 4.75. The van der Waals surface area contributed by atoms with E-state index in [9.17, 15) is 0 Å². The van der Waals surface area contributed by atoms with Crippen LogP contribution in [0.2, 0.25) is 0 Å². The normalized spacial score (nSPS) is 23.2. The quantitative estimate of drug-likeness (QED) is 0.860. The van der Waals surface area contributed by atoms with Crippen molar-refractivity contribution in [1.82, 2.24) is 5.32 Å². The Hall–Kier alpha value is -0.860. The maximum atomic E-state index is 5.22. The number of rotatable bonds is 5. The first-order chi connectivity index (χ1) is 10.0. The van der Waals surface area contributed by atoms with Crippen molar-refractivity contribution >= 4 is 0 Å². The summed E-state index contributed by atoms with van der Waals surface area (Å²) in [4.78, 5) is 0. The molecule has 118 valence electrons. The molecule has 1 N–H and O–H groups in total. The molecule has 0 bridgehead atoms. The minimum absolute atomic E-state index is 0.399. The first-order valence-electron chi connectivity index (χ1n) is 8.31. The molecule has 0 radical (unpaired) electrons. The van der Waals surface area contributed by atoms with Crippen LogP contribution in [0.4, 0.5) is 0 Å². The number of benzene rings is 1. The van der Waals surface area contributed by atoms with Crippen molar-refractivity contribution in [2.24, 2.45) is 11.3 Å². The zero-order chi connectivity index (χ0) is 15.3. The van der Waals surface area contributed by atoms with E-state index >= 15 is 0 Å². The summed E-state index contributed by atoms with van der Waals surface area (Å²) in [5.74, 6) is 0.786. The van der Waals surface area contributed by atoms with E-state index in [1.807, 2.05) is 0 Å². The molecule has 1 aromatic rings. The molecule has 2 nitrogen and oxygen atoms in total. The third kappa shape index (κ3) is 4.82. The van der Waals surface area contributed by atoms with Gasteiger partial charge in [0, 0.05) is 19.7 Å². The average Bonchev–Trinajstić information content (AvgIpc) is 2.45. The van der Waals surface area contributed by atoms with Gasteiger partial charge in [0.1, 0.15) is 0 Å². The monoisotopic (exact) mass is 289 g/mol. The van der Waals surface area contributed by atoms with Crippen LogP contribution in [-0.2, 0) is 17.9 Å². The minimum Gasteiger partial charge on any atom is -0.380 e. The van der Waals surface area contributed by atoms with Crippen molar-refractivity contribution in [1.29, 1.82) is 0 Å². The molecule has 1 saturated carbocycles. The number of methoxy groups -OCH3 is 1. The first kappa shape index (κ1) is 16.5. The standard InChI is InChI=1S/C19H31NO/c1-19(2,3)17-10-5-6-11-18(17)20-13-15-8-7-9-16(12-15)14-21-4/h7-9,12,17-18,20H,5-6,10-11,13-14H2,1-4H3. The highest BCUT2D eigenvalue weighted by Crippen LogP contribution is 2.38. The molecule has 2 rings (SSSR count). The first-order valence-corrected chi connectivity index (χ1v) is 8.31. The molecule has 2 heteroatoms. The van der Waals surface area contributed by atoms with E-state index in [0.29, 0.717) is 18.1 Å². The highest BCUT2D eigenvalue weighted by Gasteiger charge is 2.33. The summed E-state index contributed by atoms with van der Waals surface area (Å²) >= 11 is 0. The van der Waals surface area contributed by atoms with Gasteiger partial charge in [0.2, 0.25) is 0 Å². The van der Waals surface area contributed by atoms with Crippen molar-refractivity contribution in [2.45, 2.75) is 65.6 Å². The second-order valence-corrected chi connectivity index (χ2v) is 7.50. The Labute approximate surface area is 130 Å². The number of nitrogens with one attached hydrogen (secondary N) is 1. The van der Waals surface area contributed by atoms with Crippen LogP contribution in [0.15, 0.2) is 24.3 Å². The molecule has 1 aliphatic rings. The number of hydrogen-bond donors (Lipinski definition) is 1. The van der Waals surface area contributed by atoms with Crippen molar-refractivity contribution in [2.75, 3.05) is 7.11 Å².